The summed E-state index contributed by atoms with van der Waals surface area (Å²) in [7, 11) is 0. The predicted octanol–water partition coefficient (Wildman–Crippen LogP) is 1.74. The molecule has 1 aromatic carbocycles. The summed E-state index contributed by atoms with van der Waals surface area (Å²) in [6.45, 7) is 5.03. The van der Waals surface area contributed by atoms with Crippen molar-refractivity contribution in [3.63, 3.8) is 0 Å². The lowest BCUT2D eigenvalue weighted by Crippen LogP contribution is -2.31. The van der Waals surface area contributed by atoms with Gasteiger partial charge in [-0.05, 0) is 44.9 Å². The number of carboxylic acid groups (broad SMARTS) is 1. The summed E-state index contributed by atoms with van der Waals surface area (Å²) in [5.74, 6) is -1.55. The number of hydrogen-bond donors (Lipinski definition) is 2. The first-order valence-electron chi connectivity index (χ1n) is 8.04. The van der Waals surface area contributed by atoms with Gasteiger partial charge in [0.05, 0.1) is 0 Å². The van der Waals surface area contributed by atoms with E-state index in [4.69, 9.17) is 9.84 Å². The van der Waals surface area contributed by atoms with Gasteiger partial charge in [0.1, 0.15) is 6.10 Å². The monoisotopic (exact) mass is 334 g/mol. The second-order valence-electron chi connectivity index (χ2n) is 5.58. The van der Waals surface area contributed by atoms with Crippen LogP contribution >= 0.6 is 0 Å². The van der Waals surface area contributed by atoms with E-state index in [2.05, 4.69) is 5.32 Å². The van der Waals surface area contributed by atoms with Gasteiger partial charge in [0.2, 0.25) is 0 Å². The Morgan fingerprint density at radius 3 is 2.46 bits per heavy atom. The topological polar surface area (TPSA) is 95.9 Å². The Balaban J connectivity index is 2.03. The van der Waals surface area contributed by atoms with Crippen LogP contribution in [0.3, 0.4) is 0 Å². The SMILES string of the molecule is CCN(CC)C(=O)c1cccc(NC(=O)[C@@H]2CC[C@H](C(=O)O)O2)c1. The molecule has 24 heavy (non-hydrogen) atoms. The fourth-order valence-corrected chi connectivity index (χ4v) is 2.66. The van der Waals surface area contributed by atoms with Gasteiger partial charge < -0.3 is 20.1 Å². The zero-order valence-electron chi connectivity index (χ0n) is 13.8. The van der Waals surface area contributed by atoms with E-state index in [0.29, 0.717) is 37.2 Å². The van der Waals surface area contributed by atoms with Gasteiger partial charge >= 0.3 is 5.97 Å². The summed E-state index contributed by atoms with van der Waals surface area (Å²) in [6, 6.07) is 6.69. The molecule has 0 aromatic heterocycles. The van der Waals surface area contributed by atoms with Gasteiger partial charge in [-0.25, -0.2) is 4.79 Å². The van der Waals surface area contributed by atoms with E-state index in [9.17, 15) is 14.4 Å². The van der Waals surface area contributed by atoms with Gasteiger partial charge in [0.25, 0.3) is 11.8 Å². The molecule has 130 valence electrons. The third kappa shape index (κ3) is 4.11. The number of nitrogens with zero attached hydrogens (tertiary/aromatic N) is 1. The summed E-state index contributed by atoms with van der Waals surface area (Å²) in [6.07, 6.45) is -1.04. The second kappa shape index (κ2) is 7.92. The first kappa shape index (κ1) is 17.9. The lowest BCUT2D eigenvalue weighted by atomic mass is 10.1. The number of aliphatic carboxylic acids is 1. The highest BCUT2D eigenvalue weighted by Crippen LogP contribution is 2.22. The van der Waals surface area contributed by atoms with Gasteiger partial charge in [0, 0.05) is 24.3 Å². The Kier molecular flexibility index (Phi) is 5.92. The lowest BCUT2D eigenvalue weighted by Gasteiger charge is -2.19. The van der Waals surface area contributed by atoms with Crippen molar-refractivity contribution in [2.75, 3.05) is 18.4 Å². The highest BCUT2D eigenvalue weighted by Gasteiger charge is 2.34. The summed E-state index contributed by atoms with van der Waals surface area (Å²) >= 11 is 0. The maximum absolute atomic E-state index is 12.3. The summed E-state index contributed by atoms with van der Waals surface area (Å²) in [4.78, 5) is 37.1. The van der Waals surface area contributed by atoms with Crippen molar-refractivity contribution in [1.29, 1.82) is 0 Å². The molecule has 2 atom stereocenters. The standard InChI is InChI=1S/C17H22N2O5/c1-3-19(4-2)16(21)11-6-5-7-12(10-11)18-15(20)13-8-9-14(24-13)17(22)23/h5-7,10,13-14H,3-4,8-9H2,1-2H3,(H,18,20)(H,22,23)/t13-,14+/m0/s1. The van der Waals surface area contributed by atoms with Crippen LogP contribution in [-0.2, 0) is 14.3 Å². The van der Waals surface area contributed by atoms with Crippen LogP contribution < -0.4 is 5.32 Å². The Morgan fingerprint density at radius 1 is 1.21 bits per heavy atom. The minimum absolute atomic E-state index is 0.0980. The quantitative estimate of drug-likeness (QED) is 0.826. The summed E-state index contributed by atoms with van der Waals surface area (Å²) in [5, 5.41) is 11.6. The van der Waals surface area contributed by atoms with Crippen LogP contribution in [0.1, 0.15) is 37.0 Å². The number of carbonyl (C=O) groups is 3. The molecule has 1 aromatic rings. The van der Waals surface area contributed by atoms with Gasteiger partial charge in [-0.1, -0.05) is 6.07 Å². The van der Waals surface area contributed by atoms with E-state index >= 15 is 0 Å². The van der Waals surface area contributed by atoms with Crippen LogP contribution in [0.2, 0.25) is 0 Å². The Hall–Kier alpha value is -2.41. The molecule has 2 rings (SSSR count). The van der Waals surface area contributed by atoms with E-state index in [1.54, 1.807) is 29.2 Å². The molecule has 0 aliphatic carbocycles. The van der Waals surface area contributed by atoms with E-state index in [0.717, 1.165) is 0 Å². The van der Waals surface area contributed by atoms with Crippen LogP contribution in [0, 0.1) is 0 Å². The van der Waals surface area contributed by atoms with Crippen molar-refractivity contribution in [3.05, 3.63) is 29.8 Å². The fraction of sp³-hybridized carbons (Fsp3) is 0.471. The molecular weight excluding hydrogens is 312 g/mol. The fourth-order valence-electron chi connectivity index (χ4n) is 2.66. The predicted molar refractivity (Wildman–Crippen MR) is 87.9 cm³/mol. The molecule has 1 aliphatic heterocycles. The van der Waals surface area contributed by atoms with Gasteiger partial charge in [0.15, 0.2) is 6.10 Å². The zero-order chi connectivity index (χ0) is 17.7. The smallest absolute Gasteiger partial charge is 0.332 e. The highest BCUT2D eigenvalue weighted by atomic mass is 16.5. The normalized spacial score (nSPS) is 19.8. The molecule has 0 saturated carbocycles. The molecule has 2 amide bonds. The average molecular weight is 334 g/mol. The molecule has 7 heteroatoms. The number of ether oxygens (including phenoxy) is 1. The van der Waals surface area contributed by atoms with E-state index in [-0.39, 0.29) is 5.91 Å². The molecule has 7 nitrogen and oxygen atoms in total. The number of carboxylic acids is 1. The number of hydrogen-bond acceptors (Lipinski definition) is 4. The first-order valence-corrected chi connectivity index (χ1v) is 8.04. The Morgan fingerprint density at radius 2 is 1.88 bits per heavy atom. The number of amides is 2. The molecule has 1 aliphatic rings. The molecule has 0 radical (unpaired) electrons. The molecule has 0 bridgehead atoms. The largest absolute Gasteiger partial charge is 0.479 e. The molecule has 1 fully saturated rings. The summed E-state index contributed by atoms with van der Waals surface area (Å²) in [5.41, 5.74) is 0.979. The van der Waals surface area contributed by atoms with Crippen molar-refractivity contribution in [2.45, 2.75) is 38.9 Å². The third-order valence-corrected chi connectivity index (χ3v) is 4.02. The van der Waals surface area contributed by atoms with Crippen LogP contribution in [0.25, 0.3) is 0 Å². The van der Waals surface area contributed by atoms with Crippen molar-refractivity contribution in [3.8, 4) is 0 Å². The van der Waals surface area contributed by atoms with E-state index in [1.807, 2.05) is 13.8 Å². The minimum Gasteiger partial charge on any atom is -0.479 e. The highest BCUT2D eigenvalue weighted by molar-refractivity contribution is 5.98. The van der Waals surface area contributed by atoms with Gasteiger partial charge in [-0.15, -0.1) is 0 Å². The van der Waals surface area contributed by atoms with E-state index in [1.165, 1.54) is 0 Å². The molecular formula is C17H22N2O5. The molecule has 2 N–H and O–H groups in total. The number of nitrogens with one attached hydrogen (secondary N) is 1. The molecule has 0 unspecified atom stereocenters. The number of benzene rings is 1. The number of anilines is 1. The van der Waals surface area contributed by atoms with Crippen molar-refractivity contribution >= 4 is 23.5 Å². The van der Waals surface area contributed by atoms with Crippen molar-refractivity contribution < 1.29 is 24.2 Å². The minimum atomic E-state index is -1.06. The molecule has 1 saturated heterocycles. The number of rotatable bonds is 6. The van der Waals surface area contributed by atoms with Crippen molar-refractivity contribution in [2.24, 2.45) is 0 Å². The molecule has 0 spiro atoms. The van der Waals surface area contributed by atoms with Crippen LogP contribution in [0.4, 0.5) is 5.69 Å². The van der Waals surface area contributed by atoms with Gasteiger partial charge in [-0.2, -0.15) is 0 Å². The van der Waals surface area contributed by atoms with Crippen LogP contribution in [0.15, 0.2) is 24.3 Å². The average Bonchev–Trinajstić information content (AvgIpc) is 3.06. The third-order valence-electron chi connectivity index (χ3n) is 4.02. The maximum Gasteiger partial charge on any atom is 0.332 e. The van der Waals surface area contributed by atoms with Crippen molar-refractivity contribution in [1.82, 2.24) is 4.90 Å². The first-order chi connectivity index (χ1) is 11.5. The summed E-state index contributed by atoms with van der Waals surface area (Å²) < 4.78 is 5.22. The van der Waals surface area contributed by atoms with Crippen LogP contribution in [0.5, 0.6) is 0 Å². The Bertz CT molecular complexity index is 627. The molecule has 1 heterocycles. The zero-order valence-corrected chi connectivity index (χ0v) is 13.8. The lowest BCUT2D eigenvalue weighted by molar-refractivity contribution is -0.150. The van der Waals surface area contributed by atoms with Crippen LogP contribution in [-0.4, -0.2) is 53.1 Å². The number of carbonyl (C=O) groups excluding carboxylic acids is 2. The van der Waals surface area contributed by atoms with E-state index < -0.39 is 24.1 Å². The van der Waals surface area contributed by atoms with Gasteiger partial charge in [-0.3, -0.25) is 9.59 Å². The second-order valence-corrected chi connectivity index (χ2v) is 5.58. The maximum atomic E-state index is 12.3. The Labute approximate surface area is 140 Å².